The molecule has 10 nitrogen and oxygen atoms in total. The van der Waals surface area contributed by atoms with Gasteiger partial charge in [0.1, 0.15) is 11.2 Å². The molecule has 1 rings (SSSR count). The minimum Gasteiger partial charge on any atom is -0.458 e. The quantitative estimate of drug-likeness (QED) is 0.338. The van der Waals surface area contributed by atoms with Crippen LogP contribution in [0.4, 0.5) is 0 Å². The molecule has 0 aliphatic heterocycles. The van der Waals surface area contributed by atoms with Crippen molar-refractivity contribution in [2.75, 3.05) is 13.2 Å². The van der Waals surface area contributed by atoms with E-state index in [1.165, 1.54) is 0 Å². The number of hydrogen-bond acceptors (Lipinski definition) is 8. The molecular formula is C24H42N2O8. The topological polar surface area (TPSA) is 151 Å². The van der Waals surface area contributed by atoms with Gasteiger partial charge >= 0.3 is 11.9 Å². The van der Waals surface area contributed by atoms with E-state index in [2.05, 4.69) is 10.6 Å². The van der Waals surface area contributed by atoms with Crippen LogP contribution in [0.2, 0.25) is 0 Å². The van der Waals surface area contributed by atoms with E-state index in [1.54, 1.807) is 41.5 Å². The zero-order valence-electron chi connectivity index (χ0n) is 21.4. The zero-order chi connectivity index (χ0) is 26.2. The second-order valence-electron chi connectivity index (χ2n) is 11.1. The fourth-order valence-electron chi connectivity index (χ4n) is 3.99. The number of aliphatic hydroxyl groups excluding tert-OH is 2. The number of esters is 2. The predicted molar refractivity (Wildman–Crippen MR) is 124 cm³/mol. The molecule has 34 heavy (non-hydrogen) atoms. The number of aliphatic hydroxyl groups is 2. The highest BCUT2D eigenvalue weighted by molar-refractivity contribution is 5.87. The first-order valence-corrected chi connectivity index (χ1v) is 11.9. The Morgan fingerprint density at radius 2 is 1.09 bits per heavy atom. The van der Waals surface area contributed by atoms with E-state index >= 15 is 0 Å². The van der Waals surface area contributed by atoms with Gasteiger partial charge in [0, 0.05) is 12.8 Å². The smallest absolute Gasteiger partial charge is 0.331 e. The van der Waals surface area contributed by atoms with Crippen molar-refractivity contribution in [2.24, 2.45) is 5.41 Å². The van der Waals surface area contributed by atoms with Crippen LogP contribution in [0.5, 0.6) is 0 Å². The number of nitrogens with one attached hydrogen (secondary N) is 2. The van der Waals surface area contributed by atoms with Gasteiger partial charge < -0.3 is 30.3 Å². The van der Waals surface area contributed by atoms with Crippen molar-refractivity contribution in [3.05, 3.63) is 0 Å². The molecule has 10 heteroatoms. The Morgan fingerprint density at radius 1 is 0.735 bits per heavy atom. The van der Waals surface area contributed by atoms with Crippen molar-refractivity contribution in [1.82, 2.24) is 10.6 Å². The highest BCUT2D eigenvalue weighted by Crippen LogP contribution is 2.42. The highest BCUT2D eigenvalue weighted by Gasteiger charge is 2.38. The molecule has 0 aromatic heterocycles. The third-order valence-electron chi connectivity index (χ3n) is 5.40. The van der Waals surface area contributed by atoms with E-state index in [0.29, 0.717) is 12.8 Å². The number of ether oxygens (including phenoxy) is 2. The fraction of sp³-hybridized carbons (Fsp3) is 0.833. The van der Waals surface area contributed by atoms with Gasteiger partial charge in [-0.15, -0.1) is 0 Å². The molecule has 0 radical (unpaired) electrons. The summed E-state index contributed by atoms with van der Waals surface area (Å²) in [4.78, 5) is 50.1. The first kappa shape index (κ1) is 29.8. The molecular weight excluding hydrogens is 444 g/mol. The average Bonchev–Trinajstić information content (AvgIpc) is 2.67. The minimum absolute atomic E-state index is 0.0179. The third-order valence-corrected chi connectivity index (χ3v) is 5.40. The largest absolute Gasteiger partial charge is 0.458 e. The van der Waals surface area contributed by atoms with Crippen LogP contribution in [0, 0.1) is 5.41 Å². The summed E-state index contributed by atoms with van der Waals surface area (Å²) in [5, 5.41) is 24.2. The molecule has 0 aromatic rings. The lowest BCUT2D eigenvalue weighted by Crippen LogP contribution is -2.49. The summed E-state index contributed by atoms with van der Waals surface area (Å²) in [7, 11) is 0. The van der Waals surface area contributed by atoms with E-state index < -0.39 is 65.7 Å². The summed E-state index contributed by atoms with van der Waals surface area (Å²) in [5.41, 5.74) is -2.20. The molecule has 4 N–H and O–H groups in total. The van der Waals surface area contributed by atoms with Gasteiger partial charge in [0.2, 0.25) is 11.8 Å². The Balaban J connectivity index is 2.84. The lowest BCUT2D eigenvalue weighted by Gasteiger charge is -2.37. The Morgan fingerprint density at radius 3 is 1.38 bits per heavy atom. The maximum atomic E-state index is 12.8. The molecule has 0 heterocycles. The number of amides is 2. The molecule has 2 amide bonds. The van der Waals surface area contributed by atoms with Crippen LogP contribution in [-0.2, 0) is 28.7 Å². The van der Waals surface area contributed by atoms with Crippen molar-refractivity contribution in [3.8, 4) is 0 Å². The average molecular weight is 487 g/mol. The Labute approximate surface area is 202 Å². The second kappa shape index (κ2) is 12.5. The van der Waals surface area contributed by atoms with E-state index in [-0.39, 0.29) is 12.8 Å². The second-order valence-corrected chi connectivity index (χ2v) is 11.1. The van der Waals surface area contributed by atoms with Gasteiger partial charge in [-0.05, 0) is 59.8 Å². The van der Waals surface area contributed by atoms with Crippen LogP contribution >= 0.6 is 0 Å². The summed E-state index contributed by atoms with van der Waals surface area (Å²) < 4.78 is 10.5. The van der Waals surface area contributed by atoms with Gasteiger partial charge in [-0.2, -0.15) is 0 Å². The van der Waals surface area contributed by atoms with E-state index in [4.69, 9.17) is 9.47 Å². The van der Waals surface area contributed by atoms with Gasteiger partial charge in [0.25, 0.3) is 0 Å². The van der Waals surface area contributed by atoms with E-state index in [0.717, 1.165) is 19.3 Å². The number of carbonyl (C=O) groups is 4. The molecule has 1 aliphatic rings. The molecule has 0 unspecified atom stereocenters. The highest BCUT2D eigenvalue weighted by atomic mass is 16.6. The van der Waals surface area contributed by atoms with Gasteiger partial charge in [0.05, 0.1) is 13.2 Å². The van der Waals surface area contributed by atoms with Gasteiger partial charge in [-0.3, -0.25) is 9.59 Å². The molecule has 0 aromatic carbocycles. The van der Waals surface area contributed by atoms with E-state index in [9.17, 15) is 29.4 Å². The molecule has 2 atom stereocenters. The number of rotatable bonds is 10. The van der Waals surface area contributed by atoms with Gasteiger partial charge in [0.15, 0.2) is 12.1 Å². The standard InChI is InChI=1S/C24H42N2O8/c1-22(2,3)33-20(31)16(14-27)25-18(29)12-24(10-8-7-9-11-24)13-19(30)26-17(15-28)21(32)34-23(4,5)6/h16-17,27-28H,7-15H2,1-6H3,(H,25,29)(H,26,30)/t16-,17-/m1/s1. The third kappa shape index (κ3) is 10.8. The first-order valence-electron chi connectivity index (χ1n) is 11.9. The summed E-state index contributed by atoms with van der Waals surface area (Å²) in [6.45, 7) is 8.91. The minimum atomic E-state index is -1.20. The summed E-state index contributed by atoms with van der Waals surface area (Å²) in [6, 6.07) is -2.40. The first-order chi connectivity index (χ1) is 15.6. The van der Waals surface area contributed by atoms with Crippen molar-refractivity contribution in [1.29, 1.82) is 0 Å². The van der Waals surface area contributed by atoms with Crippen LogP contribution in [0.25, 0.3) is 0 Å². The van der Waals surface area contributed by atoms with Crippen LogP contribution in [-0.4, -0.2) is 70.5 Å². The predicted octanol–water partition coefficient (Wildman–Crippen LogP) is 1.35. The lowest BCUT2D eigenvalue weighted by molar-refractivity contribution is -0.160. The number of hydrogen-bond donors (Lipinski definition) is 4. The zero-order valence-corrected chi connectivity index (χ0v) is 21.4. The lowest BCUT2D eigenvalue weighted by atomic mass is 9.69. The van der Waals surface area contributed by atoms with Crippen molar-refractivity contribution in [3.63, 3.8) is 0 Å². The van der Waals surface area contributed by atoms with Gasteiger partial charge in [-0.1, -0.05) is 19.3 Å². The molecule has 1 saturated carbocycles. The normalized spacial score (nSPS) is 17.8. The van der Waals surface area contributed by atoms with Crippen molar-refractivity contribution in [2.45, 2.75) is 110 Å². The van der Waals surface area contributed by atoms with Crippen LogP contribution in [0.1, 0.15) is 86.5 Å². The molecule has 1 aliphatic carbocycles. The van der Waals surface area contributed by atoms with Crippen LogP contribution < -0.4 is 10.6 Å². The SMILES string of the molecule is CC(C)(C)OC(=O)[C@@H](CO)NC(=O)CC1(CC(=O)N[C@H](CO)C(=O)OC(C)(C)C)CCCCC1. The fourth-order valence-corrected chi connectivity index (χ4v) is 3.99. The molecule has 0 bridgehead atoms. The molecule has 196 valence electrons. The number of carbonyl (C=O) groups excluding carboxylic acids is 4. The van der Waals surface area contributed by atoms with Crippen LogP contribution in [0.3, 0.4) is 0 Å². The van der Waals surface area contributed by atoms with Crippen molar-refractivity contribution >= 4 is 23.8 Å². The van der Waals surface area contributed by atoms with Crippen molar-refractivity contribution < 1.29 is 38.9 Å². The Bertz CT molecular complexity index is 663. The Hall–Kier alpha value is -2.20. The summed E-state index contributed by atoms with van der Waals surface area (Å²) in [6.07, 6.45) is 3.88. The Kier molecular flexibility index (Phi) is 11.0. The van der Waals surface area contributed by atoms with E-state index in [1.807, 2.05) is 0 Å². The molecule has 0 saturated heterocycles. The maximum absolute atomic E-state index is 12.8. The monoisotopic (exact) mass is 486 g/mol. The molecule has 1 fully saturated rings. The maximum Gasteiger partial charge on any atom is 0.331 e. The van der Waals surface area contributed by atoms with Gasteiger partial charge in [-0.25, -0.2) is 9.59 Å². The van der Waals surface area contributed by atoms with Crippen LogP contribution in [0.15, 0.2) is 0 Å². The summed E-state index contributed by atoms with van der Waals surface area (Å²) >= 11 is 0. The molecule has 0 spiro atoms. The summed E-state index contributed by atoms with van der Waals surface area (Å²) in [5.74, 6) is -2.40.